The Morgan fingerprint density at radius 3 is 2.79 bits per heavy atom. The van der Waals surface area contributed by atoms with E-state index in [0.717, 1.165) is 44.0 Å². The van der Waals surface area contributed by atoms with E-state index in [2.05, 4.69) is 25.6 Å². The molecule has 0 spiro atoms. The van der Waals surface area contributed by atoms with Crippen LogP contribution in [0.1, 0.15) is 15.9 Å². The van der Waals surface area contributed by atoms with Crippen molar-refractivity contribution in [2.24, 2.45) is 0 Å². The van der Waals surface area contributed by atoms with E-state index in [9.17, 15) is 4.79 Å². The van der Waals surface area contributed by atoms with Gasteiger partial charge in [-0.25, -0.2) is 9.67 Å². The average Bonchev–Trinajstić information content (AvgIpc) is 3.10. The van der Waals surface area contributed by atoms with Gasteiger partial charge in [0, 0.05) is 44.8 Å². The van der Waals surface area contributed by atoms with Gasteiger partial charge >= 0.3 is 0 Å². The highest BCUT2D eigenvalue weighted by Gasteiger charge is 2.11. The number of rotatable bonds is 5. The zero-order chi connectivity index (χ0) is 16.1. The zero-order valence-corrected chi connectivity index (χ0v) is 14.6. The molecule has 0 bridgehead atoms. The predicted octanol–water partition coefficient (Wildman–Crippen LogP) is 0.633. The van der Waals surface area contributed by atoms with Crippen LogP contribution in [0, 0.1) is 6.92 Å². The molecule has 7 nitrogen and oxygen atoms in total. The largest absolute Gasteiger partial charge is 0.351 e. The average molecular weight is 351 g/mol. The molecule has 1 aliphatic heterocycles. The van der Waals surface area contributed by atoms with Gasteiger partial charge in [0.15, 0.2) is 0 Å². The molecule has 0 radical (unpaired) electrons. The van der Waals surface area contributed by atoms with E-state index in [1.807, 2.05) is 25.1 Å². The fraction of sp³-hybridized carbons (Fsp3) is 0.438. The molecule has 0 aliphatic carbocycles. The third-order valence-electron chi connectivity index (χ3n) is 4.05. The van der Waals surface area contributed by atoms with Gasteiger partial charge in [-0.3, -0.25) is 9.69 Å². The topological polar surface area (TPSA) is 75.1 Å². The normalized spacial score (nSPS) is 14.9. The van der Waals surface area contributed by atoms with E-state index >= 15 is 0 Å². The first kappa shape index (κ1) is 18.4. The van der Waals surface area contributed by atoms with Crippen LogP contribution in [-0.2, 0) is 0 Å². The van der Waals surface area contributed by atoms with Gasteiger partial charge in [-0.15, -0.1) is 12.4 Å². The maximum atomic E-state index is 12.3. The third-order valence-corrected chi connectivity index (χ3v) is 4.05. The van der Waals surface area contributed by atoms with Gasteiger partial charge < -0.3 is 10.6 Å². The van der Waals surface area contributed by atoms with Gasteiger partial charge in [-0.05, 0) is 30.7 Å². The van der Waals surface area contributed by atoms with Crippen molar-refractivity contribution in [3.8, 4) is 5.69 Å². The van der Waals surface area contributed by atoms with Crippen LogP contribution in [0.2, 0.25) is 0 Å². The molecule has 0 unspecified atom stereocenters. The van der Waals surface area contributed by atoms with Crippen LogP contribution in [0.25, 0.3) is 5.69 Å². The Bertz CT molecular complexity index is 655. The Hall–Kier alpha value is -1.96. The maximum absolute atomic E-state index is 12.3. The fourth-order valence-electron chi connectivity index (χ4n) is 2.75. The highest BCUT2D eigenvalue weighted by atomic mass is 35.5. The van der Waals surface area contributed by atoms with Crippen LogP contribution in [0.4, 0.5) is 0 Å². The van der Waals surface area contributed by atoms with Crippen LogP contribution in [0.15, 0.2) is 30.9 Å². The molecule has 0 atom stereocenters. The van der Waals surface area contributed by atoms with Gasteiger partial charge in [-0.1, -0.05) is 0 Å². The van der Waals surface area contributed by atoms with Crippen molar-refractivity contribution in [1.29, 1.82) is 0 Å². The van der Waals surface area contributed by atoms with Crippen molar-refractivity contribution in [2.75, 3.05) is 39.3 Å². The van der Waals surface area contributed by atoms with Crippen LogP contribution in [0.5, 0.6) is 0 Å². The lowest BCUT2D eigenvalue weighted by Crippen LogP contribution is -2.46. The van der Waals surface area contributed by atoms with Crippen molar-refractivity contribution in [3.63, 3.8) is 0 Å². The first-order chi connectivity index (χ1) is 11.2. The Balaban J connectivity index is 0.00000208. The summed E-state index contributed by atoms with van der Waals surface area (Å²) in [7, 11) is 0. The first-order valence-corrected chi connectivity index (χ1v) is 7.91. The van der Waals surface area contributed by atoms with Crippen molar-refractivity contribution in [3.05, 3.63) is 42.0 Å². The molecule has 130 valence electrons. The highest BCUT2D eigenvalue weighted by Crippen LogP contribution is 2.14. The molecule has 0 saturated carbocycles. The number of nitrogens with one attached hydrogen (secondary N) is 2. The van der Waals surface area contributed by atoms with E-state index in [-0.39, 0.29) is 18.3 Å². The Morgan fingerprint density at radius 1 is 1.33 bits per heavy atom. The number of carbonyl (C=O) groups is 1. The lowest BCUT2D eigenvalue weighted by atomic mass is 10.1. The summed E-state index contributed by atoms with van der Waals surface area (Å²) in [5.41, 5.74) is 2.59. The smallest absolute Gasteiger partial charge is 0.251 e. The number of benzene rings is 1. The second kappa shape index (κ2) is 8.77. The number of carbonyl (C=O) groups excluding carboxylic acids is 1. The summed E-state index contributed by atoms with van der Waals surface area (Å²) >= 11 is 0. The van der Waals surface area contributed by atoms with Crippen LogP contribution >= 0.6 is 12.4 Å². The van der Waals surface area contributed by atoms with E-state index in [1.165, 1.54) is 6.33 Å². The predicted molar refractivity (Wildman–Crippen MR) is 95.0 cm³/mol. The molecule has 3 rings (SSSR count). The fourth-order valence-corrected chi connectivity index (χ4v) is 2.75. The van der Waals surface area contributed by atoms with E-state index in [1.54, 1.807) is 11.0 Å². The molecular formula is C16H23ClN6O. The minimum Gasteiger partial charge on any atom is -0.351 e. The Morgan fingerprint density at radius 2 is 2.12 bits per heavy atom. The second-order valence-corrected chi connectivity index (χ2v) is 5.69. The number of aryl methyl sites for hydroxylation is 1. The second-order valence-electron chi connectivity index (χ2n) is 5.69. The molecule has 1 aromatic heterocycles. The third kappa shape index (κ3) is 4.53. The van der Waals surface area contributed by atoms with Gasteiger partial charge in [0.25, 0.3) is 5.91 Å². The van der Waals surface area contributed by atoms with Crippen molar-refractivity contribution in [2.45, 2.75) is 6.92 Å². The van der Waals surface area contributed by atoms with Crippen LogP contribution in [0.3, 0.4) is 0 Å². The maximum Gasteiger partial charge on any atom is 0.251 e. The van der Waals surface area contributed by atoms with Gasteiger partial charge in [0.1, 0.15) is 12.7 Å². The number of halogens is 1. The van der Waals surface area contributed by atoms with Crippen molar-refractivity contribution < 1.29 is 4.79 Å². The molecule has 24 heavy (non-hydrogen) atoms. The molecule has 2 heterocycles. The molecular weight excluding hydrogens is 328 g/mol. The zero-order valence-electron chi connectivity index (χ0n) is 13.7. The minimum atomic E-state index is -0.0339. The van der Waals surface area contributed by atoms with Crippen LogP contribution < -0.4 is 10.6 Å². The standard InChI is InChI=1S/C16H22N6O.ClH/c1-13-10-14(2-3-15(13)22-12-18-11-20-22)16(23)19-6-9-21-7-4-17-5-8-21;/h2-3,10-12,17H,4-9H2,1H3,(H,19,23);1H. The molecule has 1 saturated heterocycles. The monoisotopic (exact) mass is 350 g/mol. The summed E-state index contributed by atoms with van der Waals surface area (Å²) in [5.74, 6) is -0.0339. The summed E-state index contributed by atoms with van der Waals surface area (Å²) in [5, 5.41) is 10.4. The van der Waals surface area contributed by atoms with Gasteiger partial charge in [0.05, 0.1) is 5.69 Å². The SMILES string of the molecule is Cc1cc(C(=O)NCCN2CCNCC2)ccc1-n1cncn1.Cl. The quantitative estimate of drug-likeness (QED) is 0.827. The molecule has 1 amide bonds. The molecule has 1 aromatic carbocycles. The summed E-state index contributed by atoms with van der Waals surface area (Å²) in [6.07, 6.45) is 3.14. The number of nitrogens with zero attached hydrogens (tertiary/aromatic N) is 4. The number of piperazine rings is 1. The molecule has 2 N–H and O–H groups in total. The highest BCUT2D eigenvalue weighted by molar-refractivity contribution is 5.94. The number of amides is 1. The van der Waals surface area contributed by atoms with E-state index < -0.39 is 0 Å². The summed E-state index contributed by atoms with van der Waals surface area (Å²) < 4.78 is 1.70. The Kier molecular flexibility index (Phi) is 6.72. The summed E-state index contributed by atoms with van der Waals surface area (Å²) in [6, 6.07) is 5.61. The lowest BCUT2D eigenvalue weighted by molar-refractivity contribution is 0.0947. The number of hydrogen-bond donors (Lipinski definition) is 2. The molecule has 1 aliphatic rings. The lowest BCUT2D eigenvalue weighted by Gasteiger charge is -2.27. The van der Waals surface area contributed by atoms with Crippen molar-refractivity contribution >= 4 is 18.3 Å². The van der Waals surface area contributed by atoms with Gasteiger partial charge in [0.2, 0.25) is 0 Å². The number of hydrogen-bond acceptors (Lipinski definition) is 5. The number of aromatic nitrogens is 3. The Labute approximate surface area is 147 Å². The molecule has 1 fully saturated rings. The molecule has 8 heteroatoms. The van der Waals surface area contributed by atoms with Crippen molar-refractivity contribution in [1.82, 2.24) is 30.3 Å². The first-order valence-electron chi connectivity index (χ1n) is 7.91. The van der Waals surface area contributed by atoms with Gasteiger partial charge in [-0.2, -0.15) is 5.10 Å². The summed E-state index contributed by atoms with van der Waals surface area (Å²) in [6.45, 7) is 7.66. The van der Waals surface area contributed by atoms with E-state index in [0.29, 0.717) is 12.1 Å². The minimum absolute atomic E-state index is 0. The van der Waals surface area contributed by atoms with E-state index in [4.69, 9.17) is 0 Å². The van der Waals surface area contributed by atoms with Crippen LogP contribution in [-0.4, -0.2) is 64.8 Å². The summed E-state index contributed by atoms with van der Waals surface area (Å²) in [4.78, 5) is 18.6. The molecule has 2 aromatic rings.